The van der Waals surface area contributed by atoms with Crippen LogP contribution in [0, 0.1) is 0 Å². The Hall–Kier alpha value is -0.850. The molecule has 2 unspecified atom stereocenters. The molecule has 110 valence electrons. The second-order valence-electron chi connectivity index (χ2n) is 5.15. The topological polar surface area (TPSA) is 72.1 Å². The third kappa shape index (κ3) is 3.81. The Morgan fingerprint density at radius 3 is 3.11 bits per heavy atom. The molecule has 0 bridgehead atoms. The summed E-state index contributed by atoms with van der Waals surface area (Å²) in [5.41, 5.74) is 2.76. The number of nitrogens with zero attached hydrogens (tertiary/aromatic N) is 2. The number of methoxy groups -OCH3 is 1. The van der Waals surface area contributed by atoms with Crippen molar-refractivity contribution in [2.75, 3.05) is 33.4 Å². The number of morpholine rings is 1. The van der Waals surface area contributed by atoms with Gasteiger partial charge >= 0.3 is 0 Å². The highest BCUT2D eigenvalue weighted by Gasteiger charge is 2.35. The molecule has 1 aliphatic carbocycles. The molecule has 0 amide bonds. The molecule has 1 saturated heterocycles. The summed E-state index contributed by atoms with van der Waals surface area (Å²) < 4.78 is 10.9. The van der Waals surface area contributed by atoms with E-state index in [9.17, 15) is 0 Å². The average molecular weight is 270 g/mol. The average Bonchev–Trinajstić information content (AvgIpc) is 2.47. The lowest BCUT2D eigenvalue weighted by Crippen LogP contribution is -2.59. The maximum atomic E-state index is 5.86. The van der Waals surface area contributed by atoms with E-state index in [0.29, 0.717) is 12.1 Å². The maximum Gasteiger partial charge on any atom is 0.208 e. The molecule has 6 nitrogen and oxygen atoms in total. The van der Waals surface area contributed by atoms with Gasteiger partial charge in [0.2, 0.25) is 5.96 Å². The highest BCUT2D eigenvalue weighted by molar-refractivity contribution is 5.79. The van der Waals surface area contributed by atoms with Gasteiger partial charge in [0.15, 0.2) is 0 Å². The largest absolute Gasteiger partial charge is 0.385 e. The first kappa shape index (κ1) is 14.6. The highest BCUT2D eigenvalue weighted by Crippen LogP contribution is 2.28. The quantitative estimate of drug-likeness (QED) is 0.256. The van der Waals surface area contributed by atoms with Gasteiger partial charge in [-0.3, -0.25) is 10.4 Å². The molecular weight excluding hydrogens is 244 g/mol. The van der Waals surface area contributed by atoms with Crippen LogP contribution in [0.2, 0.25) is 0 Å². The van der Waals surface area contributed by atoms with Crippen LogP contribution in [0.4, 0.5) is 0 Å². The summed E-state index contributed by atoms with van der Waals surface area (Å²) in [5.74, 6) is 6.45. The molecule has 0 aromatic rings. The molecule has 2 aliphatic rings. The van der Waals surface area contributed by atoms with Gasteiger partial charge in [0.1, 0.15) is 0 Å². The van der Waals surface area contributed by atoms with Gasteiger partial charge in [-0.2, -0.15) is 0 Å². The van der Waals surface area contributed by atoms with E-state index in [1.165, 1.54) is 19.3 Å². The number of rotatable bonds is 4. The Balaban J connectivity index is 1.95. The van der Waals surface area contributed by atoms with Crippen molar-refractivity contribution in [3.8, 4) is 0 Å². The smallest absolute Gasteiger partial charge is 0.208 e. The molecule has 6 heteroatoms. The second-order valence-corrected chi connectivity index (χ2v) is 5.15. The molecule has 2 fully saturated rings. The Bertz CT molecular complexity index is 296. The van der Waals surface area contributed by atoms with Crippen molar-refractivity contribution < 1.29 is 9.47 Å². The lowest BCUT2D eigenvalue weighted by atomic mass is 9.90. The molecule has 0 aromatic carbocycles. The highest BCUT2D eigenvalue weighted by atomic mass is 16.5. The summed E-state index contributed by atoms with van der Waals surface area (Å²) in [6.07, 6.45) is 6.13. The number of hydrogen-bond acceptors (Lipinski definition) is 4. The minimum atomic E-state index is 0.347. The Labute approximate surface area is 115 Å². The van der Waals surface area contributed by atoms with Gasteiger partial charge in [0.05, 0.1) is 18.8 Å². The fraction of sp³-hybridized carbons (Fsp3) is 0.923. The van der Waals surface area contributed by atoms with Gasteiger partial charge in [-0.25, -0.2) is 5.84 Å². The Morgan fingerprint density at radius 1 is 1.47 bits per heavy atom. The van der Waals surface area contributed by atoms with Crippen LogP contribution in [0.5, 0.6) is 0 Å². The first-order valence-electron chi connectivity index (χ1n) is 7.25. The third-order valence-electron chi connectivity index (χ3n) is 3.90. The van der Waals surface area contributed by atoms with Crippen molar-refractivity contribution in [1.29, 1.82) is 0 Å². The number of aliphatic imine (C=N–C) groups is 1. The van der Waals surface area contributed by atoms with Gasteiger partial charge in [-0.15, -0.1) is 0 Å². The van der Waals surface area contributed by atoms with Crippen LogP contribution < -0.4 is 11.3 Å². The van der Waals surface area contributed by atoms with Crippen LogP contribution >= 0.6 is 0 Å². The number of guanidine groups is 1. The van der Waals surface area contributed by atoms with Crippen molar-refractivity contribution >= 4 is 5.96 Å². The van der Waals surface area contributed by atoms with E-state index in [1.54, 1.807) is 7.11 Å². The Kier molecular flexibility index (Phi) is 5.88. The summed E-state index contributed by atoms with van der Waals surface area (Å²) >= 11 is 0. The molecule has 1 heterocycles. The number of fused-ring (bicyclic) bond motifs is 1. The molecule has 0 radical (unpaired) electrons. The summed E-state index contributed by atoms with van der Waals surface area (Å²) in [4.78, 5) is 6.86. The van der Waals surface area contributed by atoms with E-state index in [1.807, 2.05) is 0 Å². The number of nitrogens with one attached hydrogen (secondary N) is 1. The van der Waals surface area contributed by atoms with Crippen molar-refractivity contribution in [3.05, 3.63) is 0 Å². The van der Waals surface area contributed by atoms with Crippen molar-refractivity contribution in [2.45, 2.75) is 44.2 Å². The summed E-state index contributed by atoms with van der Waals surface area (Å²) in [6.45, 7) is 3.10. The lowest BCUT2D eigenvalue weighted by Gasteiger charge is -2.44. The second kappa shape index (κ2) is 7.67. The maximum absolute atomic E-state index is 5.86. The standard InChI is InChI=1S/C13H26N4O2/c1-18-9-4-7-15-13(16-14)17-8-10-19-12-6-3-2-5-11(12)17/h11-12H,2-10,14H2,1H3,(H,15,16). The predicted molar refractivity (Wildman–Crippen MR) is 74.8 cm³/mol. The molecule has 2 atom stereocenters. The van der Waals surface area contributed by atoms with Crippen LogP contribution in [0.1, 0.15) is 32.1 Å². The van der Waals surface area contributed by atoms with Gasteiger partial charge in [0.25, 0.3) is 0 Å². The Morgan fingerprint density at radius 2 is 2.32 bits per heavy atom. The van der Waals surface area contributed by atoms with Gasteiger partial charge < -0.3 is 14.4 Å². The number of hydrogen-bond donors (Lipinski definition) is 2. The monoisotopic (exact) mass is 270 g/mol. The van der Waals surface area contributed by atoms with E-state index in [2.05, 4.69) is 15.3 Å². The van der Waals surface area contributed by atoms with Gasteiger partial charge in [-0.05, 0) is 19.3 Å². The molecule has 1 saturated carbocycles. The summed E-state index contributed by atoms with van der Waals surface area (Å²) in [5, 5.41) is 0. The van der Waals surface area contributed by atoms with Gasteiger partial charge in [0, 0.05) is 26.8 Å². The third-order valence-corrected chi connectivity index (χ3v) is 3.90. The van der Waals surface area contributed by atoms with Gasteiger partial charge in [-0.1, -0.05) is 12.8 Å². The predicted octanol–water partition coefficient (Wildman–Crippen LogP) is 0.486. The van der Waals surface area contributed by atoms with Crippen molar-refractivity contribution in [2.24, 2.45) is 10.8 Å². The zero-order valence-electron chi connectivity index (χ0n) is 11.8. The van der Waals surface area contributed by atoms with E-state index in [0.717, 1.165) is 45.1 Å². The molecule has 3 N–H and O–H groups in total. The minimum Gasteiger partial charge on any atom is -0.385 e. The van der Waals surface area contributed by atoms with Crippen LogP contribution in [0.15, 0.2) is 4.99 Å². The zero-order valence-corrected chi connectivity index (χ0v) is 11.8. The molecule has 19 heavy (non-hydrogen) atoms. The number of nitrogens with two attached hydrogens (primary N) is 1. The van der Waals surface area contributed by atoms with Crippen LogP contribution in [0.25, 0.3) is 0 Å². The van der Waals surface area contributed by atoms with Crippen LogP contribution in [-0.4, -0.2) is 56.4 Å². The van der Waals surface area contributed by atoms with Crippen LogP contribution in [0.3, 0.4) is 0 Å². The molecule has 2 rings (SSSR count). The molecular formula is C13H26N4O2. The SMILES string of the molecule is COCCCN=C(NN)N1CCOC2CCCCC21. The zero-order chi connectivity index (χ0) is 13.5. The molecule has 0 aromatic heterocycles. The van der Waals surface area contributed by atoms with Crippen LogP contribution in [-0.2, 0) is 9.47 Å². The van der Waals surface area contributed by atoms with E-state index < -0.39 is 0 Å². The first-order chi connectivity index (χ1) is 9.36. The minimum absolute atomic E-state index is 0.347. The normalized spacial score (nSPS) is 28.1. The van der Waals surface area contributed by atoms with E-state index >= 15 is 0 Å². The summed E-state index contributed by atoms with van der Waals surface area (Å²) in [6, 6.07) is 0.430. The van der Waals surface area contributed by atoms with Crippen molar-refractivity contribution in [1.82, 2.24) is 10.3 Å². The molecule has 0 spiro atoms. The van der Waals surface area contributed by atoms with E-state index in [-0.39, 0.29) is 0 Å². The lowest BCUT2D eigenvalue weighted by molar-refractivity contribution is -0.0648. The van der Waals surface area contributed by atoms with E-state index in [4.69, 9.17) is 15.3 Å². The number of ether oxygens (including phenoxy) is 2. The summed E-state index contributed by atoms with van der Waals surface area (Å²) in [7, 11) is 1.71. The fourth-order valence-electron chi connectivity index (χ4n) is 2.97. The fourth-order valence-corrected chi connectivity index (χ4v) is 2.97. The number of hydrazine groups is 1. The molecule has 1 aliphatic heterocycles. The van der Waals surface area contributed by atoms with Crippen molar-refractivity contribution in [3.63, 3.8) is 0 Å². The first-order valence-corrected chi connectivity index (χ1v) is 7.25.